The van der Waals surface area contributed by atoms with Crippen molar-refractivity contribution in [2.45, 2.75) is 26.1 Å². The lowest BCUT2D eigenvalue weighted by atomic mass is 10.1. The minimum atomic E-state index is -4.33. The number of aryl methyl sites for hydroxylation is 2. The monoisotopic (exact) mass is 231 g/mol. The van der Waals surface area contributed by atoms with Crippen LogP contribution in [-0.2, 0) is 0 Å². The van der Waals surface area contributed by atoms with Crippen LogP contribution in [0.2, 0.25) is 0 Å². The Hall–Kier alpha value is -1.39. The first-order valence-corrected chi connectivity index (χ1v) is 4.96. The fraction of sp³-hybridized carbons (Fsp3) is 0.455. The summed E-state index contributed by atoms with van der Waals surface area (Å²) in [5.41, 5.74) is 2.35. The van der Waals surface area contributed by atoms with Gasteiger partial charge in [-0.3, -0.25) is 0 Å². The Balaban J connectivity index is 2.34. The van der Waals surface area contributed by atoms with E-state index in [0.29, 0.717) is 11.4 Å². The molecule has 1 unspecified atom stereocenters. The number of benzene rings is 1. The lowest BCUT2D eigenvalue weighted by Crippen LogP contribution is -2.43. The second-order valence-electron chi connectivity index (χ2n) is 3.99. The molecule has 2 rings (SSSR count). The lowest BCUT2D eigenvalue weighted by molar-refractivity contribution is -0.191. The molecule has 1 heterocycles. The third-order valence-electron chi connectivity index (χ3n) is 2.52. The third-order valence-corrected chi connectivity index (χ3v) is 2.52. The highest BCUT2D eigenvalue weighted by atomic mass is 19.4. The summed E-state index contributed by atoms with van der Waals surface area (Å²) in [4.78, 5) is 0. The standard InChI is InChI=1S/C11H12F3NO/c1-6-3-7(2)10-8(4-6)15-5-9(16-10)11(12,13)14/h3-4,9,15H,5H2,1-2H3. The van der Waals surface area contributed by atoms with Gasteiger partial charge in [0.25, 0.3) is 0 Å². The molecule has 1 aliphatic heterocycles. The minimum Gasteiger partial charge on any atom is -0.477 e. The molecule has 1 aliphatic rings. The molecule has 0 saturated carbocycles. The van der Waals surface area contributed by atoms with Crippen molar-refractivity contribution in [1.82, 2.24) is 0 Å². The molecular weight excluding hydrogens is 219 g/mol. The number of ether oxygens (including phenoxy) is 1. The van der Waals surface area contributed by atoms with E-state index >= 15 is 0 Å². The topological polar surface area (TPSA) is 21.3 Å². The van der Waals surface area contributed by atoms with Crippen molar-refractivity contribution in [2.75, 3.05) is 11.9 Å². The summed E-state index contributed by atoms with van der Waals surface area (Å²) in [6, 6.07) is 3.59. The van der Waals surface area contributed by atoms with Crippen LogP contribution in [0.5, 0.6) is 5.75 Å². The summed E-state index contributed by atoms with van der Waals surface area (Å²) in [7, 11) is 0. The maximum absolute atomic E-state index is 12.5. The van der Waals surface area contributed by atoms with Crippen molar-refractivity contribution in [3.63, 3.8) is 0 Å². The molecule has 1 N–H and O–H groups in total. The fourth-order valence-electron chi connectivity index (χ4n) is 1.81. The van der Waals surface area contributed by atoms with Crippen molar-refractivity contribution < 1.29 is 17.9 Å². The molecule has 1 atom stereocenters. The molecule has 0 aliphatic carbocycles. The van der Waals surface area contributed by atoms with Crippen LogP contribution < -0.4 is 10.1 Å². The van der Waals surface area contributed by atoms with Gasteiger partial charge in [0.1, 0.15) is 5.75 Å². The Morgan fingerprint density at radius 1 is 1.31 bits per heavy atom. The maximum atomic E-state index is 12.5. The van der Waals surface area contributed by atoms with Crippen LogP contribution in [0.1, 0.15) is 11.1 Å². The number of halogens is 3. The van der Waals surface area contributed by atoms with Crippen LogP contribution in [0.3, 0.4) is 0 Å². The number of alkyl halides is 3. The molecule has 1 aromatic rings. The number of fused-ring (bicyclic) bond motifs is 1. The smallest absolute Gasteiger partial charge is 0.427 e. The van der Waals surface area contributed by atoms with Crippen LogP contribution in [0.4, 0.5) is 18.9 Å². The van der Waals surface area contributed by atoms with E-state index in [1.165, 1.54) is 0 Å². The Morgan fingerprint density at radius 3 is 2.62 bits per heavy atom. The molecule has 0 amide bonds. The van der Waals surface area contributed by atoms with Gasteiger partial charge in [-0.15, -0.1) is 0 Å². The Labute approximate surface area is 91.4 Å². The van der Waals surface area contributed by atoms with E-state index < -0.39 is 12.3 Å². The van der Waals surface area contributed by atoms with Gasteiger partial charge in [0.05, 0.1) is 12.2 Å². The van der Waals surface area contributed by atoms with Gasteiger partial charge in [-0.05, 0) is 31.0 Å². The SMILES string of the molecule is Cc1cc(C)c2c(c1)NCC(C(F)(F)F)O2. The summed E-state index contributed by atoms with van der Waals surface area (Å²) < 4.78 is 42.4. The quantitative estimate of drug-likeness (QED) is 0.741. The average Bonchev–Trinajstić information content (AvgIpc) is 2.15. The largest absolute Gasteiger partial charge is 0.477 e. The average molecular weight is 231 g/mol. The lowest BCUT2D eigenvalue weighted by Gasteiger charge is -2.30. The molecule has 0 bridgehead atoms. The zero-order valence-corrected chi connectivity index (χ0v) is 8.98. The fourth-order valence-corrected chi connectivity index (χ4v) is 1.81. The van der Waals surface area contributed by atoms with Crippen molar-refractivity contribution in [2.24, 2.45) is 0 Å². The van der Waals surface area contributed by atoms with Crippen LogP contribution in [0.25, 0.3) is 0 Å². The predicted molar refractivity (Wildman–Crippen MR) is 54.9 cm³/mol. The summed E-state index contributed by atoms with van der Waals surface area (Å²) >= 11 is 0. The first kappa shape index (κ1) is 11.1. The Bertz CT molecular complexity index is 414. The zero-order valence-electron chi connectivity index (χ0n) is 8.98. The van der Waals surface area contributed by atoms with Gasteiger partial charge in [-0.1, -0.05) is 6.07 Å². The van der Waals surface area contributed by atoms with Crippen molar-refractivity contribution >= 4 is 5.69 Å². The molecule has 1 aromatic carbocycles. The number of anilines is 1. The van der Waals surface area contributed by atoms with E-state index in [0.717, 1.165) is 11.1 Å². The Kier molecular flexibility index (Phi) is 2.48. The summed E-state index contributed by atoms with van der Waals surface area (Å²) in [5.74, 6) is 0.305. The van der Waals surface area contributed by atoms with Gasteiger partial charge in [0.2, 0.25) is 6.10 Å². The summed E-state index contributed by atoms with van der Waals surface area (Å²) in [6.45, 7) is 3.40. The van der Waals surface area contributed by atoms with Crippen LogP contribution in [0.15, 0.2) is 12.1 Å². The number of nitrogens with one attached hydrogen (secondary N) is 1. The van der Waals surface area contributed by atoms with E-state index in [2.05, 4.69) is 5.32 Å². The number of hydrogen-bond acceptors (Lipinski definition) is 2. The van der Waals surface area contributed by atoms with E-state index in [4.69, 9.17) is 4.74 Å². The molecule has 0 spiro atoms. The molecule has 2 nitrogen and oxygen atoms in total. The van der Waals surface area contributed by atoms with Crippen LogP contribution in [0, 0.1) is 13.8 Å². The molecule has 0 aromatic heterocycles. The molecule has 0 radical (unpaired) electrons. The first-order valence-electron chi connectivity index (χ1n) is 4.96. The second-order valence-corrected chi connectivity index (χ2v) is 3.99. The van der Waals surface area contributed by atoms with Gasteiger partial charge >= 0.3 is 6.18 Å². The van der Waals surface area contributed by atoms with Gasteiger partial charge < -0.3 is 10.1 Å². The zero-order chi connectivity index (χ0) is 11.9. The molecule has 88 valence electrons. The van der Waals surface area contributed by atoms with Gasteiger partial charge in [0, 0.05) is 0 Å². The van der Waals surface area contributed by atoms with E-state index in [1.54, 1.807) is 19.1 Å². The minimum absolute atomic E-state index is 0.237. The van der Waals surface area contributed by atoms with Crippen molar-refractivity contribution in [3.8, 4) is 5.75 Å². The highest BCUT2D eigenvalue weighted by molar-refractivity contribution is 5.63. The second kappa shape index (κ2) is 3.57. The highest BCUT2D eigenvalue weighted by Crippen LogP contribution is 2.37. The van der Waals surface area contributed by atoms with Crippen molar-refractivity contribution in [3.05, 3.63) is 23.3 Å². The van der Waals surface area contributed by atoms with E-state index in [9.17, 15) is 13.2 Å². The van der Waals surface area contributed by atoms with Crippen molar-refractivity contribution in [1.29, 1.82) is 0 Å². The van der Waals surface area contributed by atoms with E-state index in [-0.39, 0.29) is 6.54 Å². The number of hydrogen-bond donors (Lipinski definition) is 1. The molecule has 0 saturated heterocycles. The molecule has 16 heavy (non-hydrogen) atoms. The van der Waals surface area contributed by atoms with Gasteiger partial charge in [0.15, 0.2) is 0 Å². The molecule has 0 fully saturated rings. The van der Waals surface area contributed by atoms with Crippen LogP contribution >= 0.6 is 0 Å². The maximum Gasteiger partial charge on any atom is 0.427 e. The first-order chi connectivity index (χ1) is 7.38. The van der Waals surface area contributed by atoms with Crippen LogP contribution in [-0.4, -0.2) is 18.8 Å². The van der Waals surface area contributed by atoms with Gasteiger partial charge in [-0.2, -0.15) is 13.2 Å². The molecule has 5 heteroatoms. The third kappa shape index (κ3) is 1.94. The summed E-state index contributed by atoms with van der Waals surface area (Å²) in [6.07, 6.45) is -6.09. The number of rotatable bonds is 0. The van der Waals surface area contributed by atoms with Gasteiger partial charge in [-0.25, -0.2) is 0 Å². The Morgan fingerprint density at radius 2 is 2.00 bits per heavy atom. The predicted octanol–water partition coefficient (Wildman–Crippen LogP) is 3.04. The highest BCUT2D eigenvalue weighted by Gasteiger charge is 2.43. The normalized spacial score (nSPS) is 19.7. The van der Waals surface area contributed by atoms with E-state index in [1.807, 2.05) is 6.92 Å². The molecular formula is C11H12F3NO. The summed E-state index contributed by atoms with van der Waals surface area (Å²) in [5, 5.41) is 2.76.